The van der Waals surface area contributed by atoms with E-state index >= 15 is 0 Å². The molecule has 3 fully saturated rings. The molecule has 0 amide bonds. The number of fused-ring (bicyclic) bond motifs is 5. The molecular formula is C26H34O2. The van der Waals surface area contributed by atoms with Gasteiger partial charge in [0.1, 0.15) is 5.75 Å². The van der Waals surface area contributed by atoms with Crippen molar-refractivity contribution in [2.45, 2.75) is 65.2 Å². The van der Waals surface area contributed by atoms with Gasteiger partial charge in [0.2, 0.25) is 0 Å². The van der Waals surface area contributed by atoms with Gasteiger partial charge in [0.15, 0.2) is 5.78 Å². The molecule has 0 aromatic heterocycles. The first-order valence-electron chi connectivity index (χ1n) is 11.4. The van der Waals surface area contributed by atoms with Gasteiger partial charge in [-0.2, -0.15) is 0 Å². The van der Waals surface area contributed by atoms with Crippen LogP contribution in [0, 0.1) is 34.5 Å². The molecule has 4 aliphatic carbocycles. The van der Waals surface area contributed by atoms with Crippen LogP contribution < -0.4 is 4.74 Å². The summed E-state index contributed by atoms with van der Waals surface area (Å²) in [4.78, 5) is 13.1. The number of carbonyl (C=O) groups is 1. The van der Waals surface area contributed by atoms with Crippen LogP contribution in [0.4, 0.5) is 0 Å². The van der Waals surface area contributed by atoms with Crippen LogP contribution in [0.15, 0.2) is 30.3 Å². The van der Waals surface area contributed by atoms with Crippen molar-refractivity contribution in [3.05, 3.63) is 35.9 Å². The lowest BCUT2D eigenvalue weighted by Crippen LogP contribution is -2.51. The van der Waals surface area contributed by atoms with Crippen LogP contribution >= 0.6 is 0 Å². The van der Waals surface area contributed by atoms with Crippen molar-refractivity contribution in [3.8, 4) is 5.75 Å². The molecular weight excluding hydrogens is 344 g/mol. The number of para-hydroxylation sites is 1. The number of carbonyl (C=O) groups excluding carboxylic acids is 1. The van der Waals surface area contributed by atoms with Crippen LogP contribution in [0.25, 0.3) is 5.57 Å². The number of ether oxygens (including phenoxy) is 1. The summed E-state index contributed by atoms with van der Waals surface area (Å²) in [5.74, 6) is 4.15. The first kappa shape index (κ1) is 18.5. The smallest absolute Gasteiger partial charge is 0.163 e. The maximum atomic E-state index is 13.1. The molecule has 2 nitrogen and oxygen atoms in total. The monoisotopic (exact) mass is 378 g/mol. The Morgan fingerprint density at radius 2 is 1.82 bits per heavy atom. The third-order valence-corrected chi connectivity index (χ3v) is 9.33. The topological polar surface area (TPSA) is 26.3 Å². The fraction of sp³-hybridized carbons (Fsp3) is 0.654. The summed E-state index contributed by atoms with van der Waals surface area (Å²) in [6, 6.07) is 8.04. The molecule has 150 valence electrons. The highest BCUT2D eigenvalue weighted by Gasteiger charge is 2.57. The normalized spacial score (nSPS) is 42.2. The van der Waals surface area contributed by atoms with E-state index in [-0.39, 0.29) is 5.41 Å². The molecule has 6 atom stereocenters. The molecule has 0 bridgehead atoms. The number of Topliss-reactive ketones (excluding diaryl/α,β-unsaturated/α-hetero) is 1. The quantitative estimate of drug-likeness (QED) is 0.603. The maximum Gasteiger partial charge on any atom is 0.163 e. The van der Waals surface area contributed by atoms with E-state index in [0.717, 1.165) is 34.6 Å². The van der Waals surface area contributed by atoms with Crippen LogP contribution in [0.3, 0.4) is 0 Å². The van der Waals surface area contributed by atoms with Crippen molar-refractivity contribution >= 4 is 11.4 Å². The SMILES string of the molecule is COc1ccccc1C1=C[C@@]2(C)[C@@H](CC[C@H]3[C@@H]4CCC[C@@]4(C)CC[C@@H]32)CC1=O. The Hall–Kier alpha value is -1.57. The predicted octanol–water partition coefficient (Wildman–Crippen LogP) is 6.30. The van der Waals surface area contributed by atoms with E-state index in [1.54, 1.807) is 7.11 Å². The van der Waals surface area contributed by atoms with E-state index in [1.165, 1.54) is 44.9 Å². The minimum atomic E-state index is 0.150. The van der Waals surface area contributed by atoms with E-state index in [0.29, 0.717) is 23.5 Å². The Morgan fingerprint density at radius 3 is 2.64 bits per heavy atom. The van der Waals surface area contributed by atoms with Gasteiger partial charge >= 0.3 is 0 Å². The molecule has 2 heteroatoms. The van der Waals surface area contributed by atoms with Gasteiger partial charge in [-0.05, 0) is 79.1 Å². The van der Waals surface area contributed by atoms with E-state index in [4.69, 9.17) is 4.74 Å². The Labute approximate surface area is 169 Å². The second-order valence-electron chi connectivity index (χ2n) is 10.5. The Morgan fingerprint density at radius 1 is 1.00 bits per heavy atom. The zero-order valence-electron chi connectivity index (χ0n) is 17.7. The summed E-state index contributed by atoms with van der Waals surface area (Å²) in [5.41, 5.74) is 2.64. The van der Waals surface area contributed by atoms with Gasteiger partial charge < -0.3 is 4.74 Å². The molecule has 1 aromatic rings. The van der Waals surface area contributed by atoms with Crippen LogP contribution in [-0.4, -0.2) is 12.9 Å². The highest BCUT2D eigenvalue weighted by molar-refractivity contribution is 6.22. The van der Waals surface area contributed by atoms with Crippen LogP contribution in [0.5, 0.6) is 5.75 Å². The van der Waals surface area contributed by atoms with Crippen LogP contribution in [0.1, 0.15) is 70.8 Å². The summed E-state index contributed by atoms with van der Waals surface area (Å²) in [5, 5.41) is 0. The molecule has 4 aliphatic rings. The predicted molar refractivity (Wildman–Crippen MR) is 113 cm³/mol. The fourth-order valence-electron chi connectivity index (χ4n) is 7.83. The number of hydrogen-bond acceptors (Lipinski definition) is 2. The van der Waals surface area contributed by atoms with Crippen molar-refractivity contribution in [2.24, 2.45) is 34.5 Å². The van der Waals surface area contributed by atoms with Gasteiger partial charge in [-0.15, -0.1) is 0 Å². The molecule has 0 aliphatic heterocycles. The van der Waals surface area contributed by atoms with Gasteiger partial charge in [-0.3, -0.25) is 4.79 Å². The largest absolute Gasteiger partial charge is 0.496 e. The number of hydrogen-bond donors (Lipinski definition) is 0. The number of allylic oxidation sites excluding steroid dienone is 2. The second kappa shape index (κ2) is 6.47. The Kier molecular flexibility index (Phi) is 4.27. The molecule has 5 rings (SSSR count). The molecule has 0 unspecified atom stereocenters. The molecule has 1 aromatic carbocycles. The summed E-state index contributed by atoms with van der Waals surface area (Å²) in [6.45, 7) is 5.05. The molecule has 0 heterocycles. The average Bonchev–Trinajstić information content (AvgIpc) is 3.10. The zero-order chi connectivity index (χ0) is 19.5. The minimum Gasteiger partial charge on any atom is -0.496 e. The third-order valence-electron chi connectivity index (χ3n) is 9.33. The number of benzene rings is 1. The van der Waals surface area contributed by atoms with Crippen molar-refractivity contribution in [1.82, 2.24) is 0 Å². The Balaban J connectivity index is 1.56. The van der Waals surface area contributed by atoms with Crippen LogP contribution in [0.2, 0.25) is 0 Å². The minimum absolute atomic E-state index is 0.150. The molecule has 0 saturated heterocycles. The van der Waals surface area contributed by atoms with E-state index in [1.807, 2.05) is 18.2 Å². The first-order chi connectivity index (χ1) is 13.5. The lowest BCUT2D eigenvalue weighted by atomic mass is 9.46. The second-order valence-corrected chi connectivity index (χ2v) is 10.5. The maximum absolute atomic E-state index is 13.1. The first-order valence-corrected chi connectivity index (χ1v) is 11.4. The van der Waals surface area contributed by atoms with Gasteiger partial charge in [0.25, 0.3) is 0 Å². The van der Waals surface area contributed by atoms with Crippen molar-refractivity contribution in [2.75, 3.05) is 7.11 Å². The highest BCUT2D eigenvalue weighted by atomic mass is 16.5. The van der Waals surface area contributed by atoms with Crippen molar-refractivity contribution in [3.63, 3.8) is 0 Å². The van der Waals surface area contributed by atoms with Gasteiger partial charge in [-0.25, -0.2) is 0 Å². The van der Waals surface area contributed by atoms with Crippen LogP contribution in [-0.2, 0) is 4.79 Å². The molecule has 28 heavy (non-hydrogen) atoms. The molecule has 0 spiro atoms. The molecule has 3 saturated carbocycles. The van der Waals surface area contributed by atoms with Crippen molar-refractivity contribution in [1.29, 1.82) is 0 Å². The summed E-state index contributed by atoms with van der Waals surface area (Å²) in [6.07, 6.45) is 12.7. The lowest BCUT2D eigenvalue weighted by Gasteiger charge is -2.58. The molecule has 0 radical (unpaired) electrons. The van der Waals surface area contributed by atoms with Gasteiger partial charge in [-0.1, -0.05) is 44.5 Å². The fourth-order valence-corrected chi connectivity index (χ4v) is 7.83. The average molecular weight is 379 g/mol. The summed E-state index contributed by atoms with van der Waals surface area (Å²) in [7, 11) is 1.70. The number of methoxy groups -OCH3 is 1. The standard InChI is InChI=1S/C26H34O2/c1-25-13-6-8-21(25)19-11-10-17-15-23(27)20(16-26(17,2)22(19)12-14-25)18-7-4-5-9-24(18)28-3/h4-5,7,9,16-17,19,21-22H,6,8,10-15H2,1-3H3/t17-,19-,21-,22-,25-,26-/m0/s1. The Bertz CT molecular complexity index is 823. The van der Waals surface area contributed by atoms with E-state index in [2.05, 4.69) is 26.0 Å². The van der Waals surface area contributed by atoms with E-state index < -0.39 is 0 Å². The molecule has 0 N–H and O–H groups in total. The van der Waals surface area contributed by atoms with Crippen molar-refractivity contribution < 1.29 is 9.53 Å². The third kappa shape index (κ3) is 2.56. The summed E-state index contributed by atoms with van der Waals surface area (Å²) >= 11 is 0. The van der Waals surface area contributed by atoms with Gasteiger partial charge in [0, 0.05) is 17.6 Å². The zero-order valence-corrected chi connectivity index (χ0v) is 17.7. The summed E-state index contributed by atoms with van der Waals surface area (Å²) < 4.78 is 5.60. The number of ketones is 1. The van der Waals surface area contributed by atoms with Gasteiger partial charge in [0.05, 0.1) is 7.11 Å². The van der Waals surface area contributed by atoms with E-state index in [9.17, 15) is 4.79 Å². The highest BCUT2D eigenvalue weighted by Crippen LogP contribution is 2.65. The number of rotatable bonds is 2. The lowest BCUT2D eigenvalue weighted by molar-refractivity contribution is -0.120.